The average molecular weight is 407 g/mol. The molecule has 1 heterocycles. The smallest absolute Gasteiger partial charge is 0.286 e. The molecular formula is C21H30FN3O4. The molecule has 0 aromatic heterocycles. The Hall–Kier alpha value is -3.16. The predicted molar refractivity (Wildman–Crippen MR) is 111 cm³/mol. The summed E-state index contributed by atoms with van der Waals surface area (Å²) >= 11 is 0. The van der Waals surface area contributed by atoms with E-state index in [1.165, 1.54) is 19.1 Å². The molecule has 1 aliphatic rings. The maximum absolute atomic E-state index is 13.0. The highest BCUT2D eigenvalue weighted by atomic mass is 19.1. The first kappa shape index (κ1) is 25.8. The van der Waals surface area contributed by atoms with Gasteiger partial charge in [-0.1, -0.05) is 33.1 Å². The van der Waals surface area contributed by atoms with Crippen molar-refractivity contribution in [2.45, 2.75) is 39.7 Å². The molecule has 3 amide bonds. The van der Waals surface area contributed by atoms with Crippen LogP contribution in [0.3, 0.4) is 0 Å². The second kappa shape index (κ2) is 13.1. The molecular weight excluding hydrogens is 377 g/mol. The van der Waals surface area contributed by atoms with E-state index in [0.29, 0.717) is 13.0 Å². The topological polar surface area (TPSA) is 87.7 Å². The number of likely N-dealkylation sites (tertiary alicyclic amines) is 1. The third-order valence-corrected chi connectivity index (χ3v) is 3.76. The van der Waals surface area contributed by atoms with Gasteiger partial charge in [-0.05, 0) is 32.1 Å². The van der Waals surface area contributed by atoms with E-state index in [1.54, 1.807) is 11.9 Å². The monoisotopic (exact) mass is 407 g/mol. The van der Waals surface area contributed by atoms with Crippen LogP contribution in [-0.2, 0) is 19.1 Å². The van der Waals surface area contributed by atoms with Gasteiger partial charge < -0.3 is 15.0 Å². The molecule has 0 saturated carbocycles. The van der Waals surface area contributed by atoms with Crippen LogP contribution >= 0.6 is 0 Å². The Morgan fingerprint density at radius 3 is 2.38 bits per heavy atom. The van der Waals surface area contributed by atoms with E-state index in [4.69, 9.17) is 4.74 Å². The number of nitrogens with one attached hydrogen (secondary N) is 2. The van der Waals surface area contributed by atoms with E-state index < -0.39 is 17.6 Å². The lowest BCUT2D eigenvalue weighted by atomic mass is 10.0. The summed E-state index contributed by atoms with van der Waals surface area (Å²) in [6, 6.07) is -0.309. The third kappa shape index (κ3) is 9.55. The maximum Gasteiger partial charge on any atom is 0.286 e. The first-order valence-corrected chi connectivity index (χ1v) is 9.24. The molecule has 0 aromatic rings. The molecule has 0 radical (unpaired) electrons. The van der Waals surface area contributed by atoms with Crippen molar-refractivity contribution in [3.63, 3.8) is 0 Å². The molecule has 2 N–H and O–H groups in total. The standard InChI is InChI=1S/C19H24FN3O4.C2H6/c1-6-15(20)8-7-12(2)18(25)21-14(4)27-13(3)19(26)22-16-9-10-23(5)17(24)11-16;1-2/h6-8,16H,2-4,9-11H2,1,5H3,(H,21,25)(H,22,26);1-2H3/b8-7-,15-6+;. The summed E-state index contributed by atoms with van der Waals surface area (Å²) in [6.45, 7) is 16.5. The van der Waals surface area contributed by atoms with Gasteiger partial charge in [0.05, 0.1) is 0 Å². The van der Waals surface area contributed by atoms with E-state index in [0.717, 1.165) is 6.08 Å². The molecule has 8 heteroatoms. The molecule has 0 aliphatic carbocycles. The number of halogens is 1. The normalized spacial score (nSPS) is 16.4. The van der Waals surface area contributed by atoms with Crippen molar-refractivity contribution in [1.82, 2.24) is 15.5 Å². The van der Waals surface area contributed by atoms with Crippen molar-refractivity contribution in [3.05, 3.63) is 61.0 Å². The lowest BCUT2D eigenvalue weighted by Gasteiger charge is -2.29. The van der Waals surface area contributed by atoms with E-state index in [-0.39, 0.29) is 35.6 Å². The Labute approximate surface area is 171 Å². The predicted octanol–water partition coefficient (Wildman–Crippen LogP) is 2.85. The van der Waals surface area contributed by atoms with Crippen molar-refractivity contribution < 1.29 is 23.5 Å². The molecule has 0 bridgehead atoms. The SMILES string of the molecule is C=C(NC(=O)C(=C)/C=C\C(F)=C/C)OC(=C)C(=O)NC1CCN(C)C(=O)C1.CC. The van der Waals surface area contributed by atoms with Crippen LogP contribution in [0.2, 0.25) is 0 Å². The number of carbonyl (C=O) groups excluding carboxylic acids is 3. The number of hydrogen-bond acceptors (Lipinski definition) is 4. The van der Waals surface area contributed by atoms with Gasteiger partial charge in [0.25, 0.3) is 11.8 Å². The minimum Gasteiger partial charge on any atom is -0.436 e. The van der Waals surface area contributed by atoms with Gasteiger partial charge in [-0.2, -0.15) is 0 Å². The van der Waals surface area contributed by atoms with Crippen LogP contribution in [0, 0.1) is 0 Å². The number of carbonyl (C=O) groups is 3. The highest BCUT2D eigenvalue weighted by Gasteiger charge is 2.25. The van der Waals surface area contributed by atoms with Gasteiger partial charge in [0.15, 0.2) is 11.6 Å². The minimum absolute atomic E-state index is 0.0309. The van der Waals surface area contributed by atoms with Crippen molar-refractivity contribution in [1.29, 1.82) is 0 Å². The van der Waals surface area contributed by atoms with E-state index in [1.807, 2.05) is 13.8 Å². The molecule has 0 spiro atoms. The quantitative estimate of drug-likeness (QED) is 0.368. The first-order valence-electron chi connectivity index (χ1n) is 9.24. The fraction of sp³-hybridized carbons (Fsp3) is 0.381. The van der Waals surface area contributed by atoms with E-state index in [2.05, 4.69) is 30.4 Å². The second-order valence-corrected chi connectivity index (χ2v) is 5.91. The van der Waals surface area contributed by atoms with Crippen molar-refractivity contribution >= 4 is 17.7 Å². The van der Waals surface area contributed by atoms with Gasteiger partial charge in [-0.15, -0.1) is 0 Å². The Balaban J connectivity index is 0.00000379. The van der Waals surface area contributed by atoms with Gasteiger partial charge in [-0.3, -0.25) is 19.7 Å². The summed E-state index contributed by atoms with van der Waals surface area (Å²) < 4.78 is 18.1. The zero-order valence-electron chi connectivity index (χ0n) is 17.5. The summed E-state index contributed by atoms with van der Waals surface area (Å²) in [6.07, 6.45) is 4.32. The average Bonchev–Trinajstić information content (AvgIpc) is 2.69. The fourth-order valence-electron chi connectivity index (χ4n) is 2.11. The van der Waals surface area contributed by atoms with Crippen LogP contribution in [0.15, 0.2) is 61.0 Å². The number of amides is 3. The molecule has 1 unspecified atom stereocenters. The molecule has 29 heavy (non-hydrogen) atoms. The molecule has 1 aliphatic heterocycles. The number of rotatable bonds is 8. The van der Waals surface area contributed by atoms with E-state index in [9.17, 15) is 18.8 Å². The second-order valence-electron chi connectivity index (χ2n) is 5.91. The minimum atomic E-state index is -0.672. The largest absolute Gasteiger partial charge is 0.436 e. The maximum atomic E-state index is 13.0. The lowest BCUT2D eigenvalue weighted by molar-refractivity contribution is -0.133. The summed E-state index contributed by atoms with van der Waals surface area (Å²) in [5.41, 5.74) is -0.0309. The van der Waals surface area contributed by atoms with Gasteiger partial charge >= 0.3 is 0 Å². The Bertz CT molecular complexity index is 725. The Morgan fingerprint density at radius 2 is 1.83 bits per heavy atom. The van der Waals surface area contributed by atoms with Crippen LogP contribution in [0.4, 0.5) is 4.39 Å². The highest BCUT2D eigenvalue weighted by Crippen LogP contribution is 2.11. The van der Waals surface area contributed by atoms with Gasteiger partial charge in [-0.25, -0.2) is 4.39 Å². The van der Waals surface area contributed by atoms with Gasteiger partial charge in [0, 0.05) is 31.6 Å². The van der Waals surface area contributed by atoms with Crippen LogP contribution < -0.4 is 10.6 Å². The molecule has 1 atom stereocenters. The number of hydrogen-bond donors (Lipinski definition) is 2. The van der Waals surface area contributed by atoms with Gasteiger partial charge in [0.2, 0.25) is 5.91 Å². The zero-order valence-corrected chi connectivity index (χ0v) is 17.5. The number of allylic oxidation sites excluding steroid dienone is 3. The molecule has 160 valence electrons. The number of nitrogens with zero attached hydrogens (tertiary/aromatic N) is 1. The Kier molecular flexibility index (Phi) is 11.7. The summed E-state index contributed by atoms with van der Waals surface area (Å²) in [5, 5.41) is 4.92. The Morgan fingerprint density at radius 1 is 1.21 bits per heavy atom. The molecule has 1 rings (SSSR count). The fourth-order valence-corrected chi connectivity index (χ4v) is 2.11. The number of piperidine rings is 1. The summed E-state index contributed by atoms with van der Waals surface area (Å²) in [4.78, 5) is 37.2. The molecule has 1 saturated heterocycles. The van der Waals surface area contributed by atoms with Crippen LogP contribution in [-0.4, -0.2) is 42.3 Å². The van der Waals surface area contributed by atoms with Crippen molar-refractivity contribution in [2.75, 3.05) is 13.6 Å². The summed E-state index contributed by atoms with van der Waals surface area (Å²) in [7, 11) is 1.70. The van der Waals surface area contributed by atoms with Crippen molar-refractivity contribution in [2.24, 2.45) is 0 Å². The highest BCUT2D eigenvalue weighted by molar-refractivity contribution is 5.96. The van der Waals surface area contributed by atoms with Crippen LogP contribution in [0.25, 0.3) is 0 Å². The summed E-state index contributed by atoms with van der Waals surface area (Å²) in [5.74, 6) is -2.38. The third-order valence-electron chi connectivity index (χ3n) is 3.76. The lowest BCUT2D eigenvalue weighted by Crippen LogP contribution is -2.46. The van der Waals surface area contributed by atoms with Crippen molar-refractivity contribution in [3.8, 4) is 0 Å². The molecule has 7 nitrogen and oxygen atoms in total. The van der Waals surface area contributed by atoms with E-state index >= 15 is 0 Å². The number of ether oxygens (including phenoxy) is 1. The molecule has 1 fully saturated rings. The molecule has 0 aromatic carbocycles. The zero-order chi connectivity index (χ0) is 22.6. The first-order chi connectivity index (χ1) is 13.6. The van der Waals surface area contributed by atoms with Gasteiger partial charge in [0.1, 0.15) is 5.83 Å². The van der Waals surface area contributed by atoms with Crippen LogP contribution in [0.1, 0.15) is 33.6 Å². The van der Waals surface area contributed by atoms with Crippen LogP contribution in [0.5, 0.6) is 0 Å².